The van der Waals surface area contributed by atoms with E-state index in [0.717, 1.165) is 17.0 Å². The Morgan fingerprint density at radius 3 is 2.80 bits per heavy atom. The summed E-state index contributed by atoms with van der Waals surface area (Å²) in [5.41, 5.74) is 2.48. The quantitative estimate of drug-likeness (QED) is 0.519. The van der Waals surface area contributed by atoms with Gasteiger partial charge in [-0.2, -0.15) is 0 Å². The third-order valence-corrected chi connectivity index (χ3v) is 5.57. The van der Waals surface area contributed by atoms with Gasteiger partial charge < -0.3 is 10.1 Å². The number of para-hydroxylation sites is 1. The summed E-state index contributed by atoms with van der Waals surface area (Å²) >= 11 is 1.46. The Balaban J connectivity index is 0.000000263. The lowest BCUT2D eigenvalue weighted by Gasteiger charge is -2.09. The first-order valence-electron chi connectivity index (χ1n) is 10.4. The Kier molecular flexibility index (Phi) is 9.55. The van der Waals surface area contributed by atoms with Crippen LogP contribution in [-0.4, -0.2) is 25.8 Å². The van der Waals surface area contributed by atoms with Crippen molar-refractivity contribution in [2.75, 3.05) is 13.7 Å². The van der Waals surface area contributed by atoms with Crippen LogP contribution in [0.25, 0.3) is 0 Å². The molecule has 0 radical (unpaired) electrons. The predicted octanol–water partition coefficient (Wildman–Crippen LogP) is 6.46. The van der Waals surface area contributed by atoms with Crippen molar-refractivity contribution >= 4 is 29.1 Å². The third kappa shape index (κ3) is 6.99. The lowest BCUT2D eigenvalue weighted by Crippen LogP contribution is -2.17. The number of ether oxygens (including phenoxy) is 1. The molecule has 2 aromatic rings. The monoisotopic (exact) mass is 424 g/mol. The highest BCUT2D eigenvalue weighted by atomic mass is 32.1. The van der Waals surface area contributed by atoms with Gasteiger partial charge >= 0.3 is 0 Å². The SMILES string of the molecule is CC/C=C\C=C/C(C)COc1cc(C)sc1C(=O)NC.CC1C=Nc2ccccc21. The van der Waals surface area contributed by atoms with E-state index in [1.165, 1.54) is 16.9 Å². The van der Waals surface area contributed by atoms with Crippen LogP contribution in [0.5, 0.6) is 5.75 Å². The first-order valence-corrected chi connectivity index (χ1v) is 11.2. The van der Waals surface area contributed by atoms with E-state index in [1.807, 2.05) is 37.4 Å². The number of thiophene rings is 1. The second-order valence-corrected chi connectivity index (χ2v) is 8.52. The molecule has 0 saturated heterocycles. The molecule has 1 amide bonds. The number of amides is 1. The number of hydrogen-bond acceptors (Lipinski definition) is 4. The number of aliphatic imine (C=N–C) groups is 1. The van der Waals surface area contributed by atoms with Gasteiger partial charge in [0, 0.05) is 30.0 Å². The van der Waals surface area contributed by atoms with Gasteiger partial charge in [-0.25, -0.2) is 0 Å². The number of hydrogen-bond donors (Lipinski definition) is 1. The first-order chi connectivity index (χ1) is 14.5. The van der Waals surface area contributed by atoms with Crippen LogP contribution in [0.15, 0.2) is 59.6 Å². The second kappa shape index (κ2) is 12.1. The normalized spacial score (nSPS) is 15.7. The van der Waals surface area contributed by atoms with Crippen LogP contribution in [0.2, 0.25) is 0 Å². The van der Waals surface area contributed by atoms with Crippen LogP contribution in [0.4, 0.5) is 5.69 Å². The molecular formula is C25H32N2O2S. The van der Waals surface area contributed by atoms with E-state index in [9.17, 15) is 4.79 Å². The van der Waals surface area contributed by atoms with Gasteiger partial charge in [0.05, 0.1) is 12.3 Å². The standard InChI is InChI=1S/C16H23NO2S.C9H9N/c1-5-6-7-8-9-12(2)11-19-14-10-13(3)20-15(14)16(18)17-4;1-7-6-10-9-5-3-2-4-8(7)9/h6-10,12H,5,11H2,1-4H3,(H,17,18);2-7H,1H3/b7-6-,9-8-;. The molecule has 0 bridgehead atoms. The Morgan fingerprint density at radius 2 is 2.10 bits per heavy atom. The van der Waals surface area contributed by atoms with Gasteiger partial charge in [-0.05, 0) is 31.0 Å². The van der Waals surface area contributed by atoms with Crippen LogP contribution in [-0.2, 0) is 0 Å². The van der Waals surface area contributed by atoms with Crippen molar-refractivity contribution in [2.45, 2.75) is 40.0 Å². The summed E-state index contributed by atoms with van der Waals surface area (Å²) in [6, 6.07) is 10.2. The molecule has 5 heteroatoms. The van der Waals surface area contributed by atoms with Gasteiger partial charge in [0.1, 0.15) is 10.6 Å². The molecule has 0 fully saturated rings. The number of allylic oxidation sites excluding steroid dienone is 3. The van der Waals surface area contributed by atoms with Crippen molar-refractivity contribution in [3.05, 3.63) is 70.0 Å². The van der Waals surface area contributed by atoms with Crippen molar-refractivity contribution < 1.29 is 9.53 Å². The summed E-state index contributed by atoms with van der Waals surface area (Å²) in [6.07, 6.45) is 11.3. The number of benzene rings is 1. The van der Waals surface area contributed by atoms with Crippen LogP contribution in [0, 0.1) is 12.8 Å². The lowest BCUT2D eigenvalue weighted by atomic mass is 10.0. The Bertz CT molecular complexity index is 912. The van der Waals surface area contributed by atoms with E-state index >= 15 is 0 Å². The Hall–Kier alpha value is -2.66. The van der Waals surface area contributed by atoms with E-state index in [2.05, 4.69) is 61.4 Å². The molecule has 0 saturated carbocycles. The van der Waals surface area contributed by atoms with Crippen molar-refractivity contribution in [2.24, 2.45) is 10.9 Å². The van der Waals surface area contributed by atoms with Gasteiger partial charge in [0.2, 0.25) is 0 Å². The fourth-order valence-electron chi connectivity index (χ4n) is 2.88. The Labute approximate surface area is 184 Å². The van der Waals surface area contributed by atoms with Gasteiger partial charge in [-0.1, -0.05) is 63.3 Å². The van der Waals surface area contributed by atoms with Crippen LogP contribution >= 0.6 is 11.3 Å². The molecular weight excluding hydrogens is 392 g/mol. The van der Waals surface area contributed by atoms with Crippen LogP contribution < -0.4 is 10.1 Å². The van der Waals surface area contributed by atoms with Gasteiger partial charge in [-0.3, -0.25) is 9.79 Å². The summed E-state index contributed by atoms with van der Waals surface area (Å²) in [4.78, 5) is 17.7. The molecule has 1 aromatic carbocycles. The van der Waals surface area contributed by atoms with Crippen LogP contribution in [0.3, 0.4) is 0 Å². The fourth-order valence-corrected chi connectivity index (χ4v) is 3.78. The van der Waals surface area contributed by atoms with Crippen molar-refractivity contribution in [1.29, 1.82) is 0 Å². The molecule has 160 valence electrons. The predicted molar refractivity (Wildman–Crippen MR) is 129 cm³/mol. The molecule has 4 nitrogen and oxygen atoms in total. The maximum atomic E-state index is 11.7. The molecule has 0 aliphatic carbocycles. The minimum Gasteiger partial charge on any atom is -0.491 e. The van der Waals surface area contributed by atoms with E-state index in [-0.39, 0.29) is 5.91 Å². The van der Waals surface area contributed by atoms with Crippen molar-refractivity contribution in [3.8, 4) is 5.75 Å². The number of nitrogens with zero attached hydrogens (tertiary/aromatic N) is 1. The average Bonchev–Trinajstić information content (AvgIpc) is 3.32. The summed E-state index contributed by atoms with van der Waals surface area (Å²) in [5.74, 6) is 1.40. The molecule has 1 aliphatic heterocycles. The fraction of sp³-hybridized carbons (Fsp3) is 0.360. The van der Waals surface area contributed by atoms with E-state index in [1.54, 1.807) is 7.05 Å². The molecule has 2 atom stereocenters. The number of aryl methyl sites for hydroxylation is 1. The number of fused-ring (bicyclic) bond motifs is 1. The van der Waals surface area contributed by atoms with E-state index in [4.69, 9.17) is 4.74 Å². The largest absolute Gasteiger partial charge is 0.491 e. The first kappa shape index (κ1) is 23.6. The van der Waals surface area contributed by atoms with Gasteiger partial charge in [0.25, 0.3) is 5.91 Å². The third-order valence-electron chi connectivity index (χ3n) is 4.54. The highest BCUT2D eigenvalue weighted by Gasteiger charge is 2.15. The molecule has 2 heterocycles. The van der Waals surface area contributed by atoms with Crippen molar-refractivity contribution in [3.63, 3.8) is 0 Å². The highest BCUT2D eigenvalue weighted by Crippen LogP contribution is 2.31. The molecule has 1 aliphatic rings. The lowest BCUT2D eigenvalue weighted by molar-refractivity contribution is 0.0963. The highest BCUT2D eigenvalue weighted by molar-refractivity contribution is 7.14. The summed E-state index contributed by atoms with van der Waals surface area (Å²) < 4.78 is 5.77. The number of rotatable bonds is 7. The zero-order valence-electron chi connectivity index (χ0n) is 18.5. The maximum Gasteiger partial charge on any atom is 0.264 e. The van der Waals surface area contributed by atoms with Gasteiger partial charge in [-0.15, -0.1) is 11.3 Å². The topological polar surface area (TPSA) is 50.7 Å². The van der Waals surface area contributed by atoms with Crippen molar-refractivity contribution in [1.82, 2.24) is 5.32 Å². The number of nitrogens with one attached hydrogen (secondary N) is 1. The molecule has 1 aromatic heterocycles. The second-order valence-electron chi connectivity index (χ2n) is 7.26. The molecule has 2 unspecified atom stereocenters. The minimum absolute atomic E-state index is 0.0906. The summed E-state index contributed by atoms with van der Waals surface area (Å²) in [5, 5.41) is 2.64. The summed E-state index contributed by atoms with van der Waals surface area (Å²) in [6.45, 7) is 8.90. The Morgan fingerprint density at radius 1 is 1.33 bits per heavy atom. The molecule has 0 spiro atoms. The molecule has 3 rings (SSSR count). The summed E-state index contributed by atoms with van der Waals surface area (Å²) in [7, 11) is 1.63. The van der Waals surface area contributed by atoms with Crippen LogP contribution in [0.1, 0.15) is 53.2 Å². The van der Waals surface area contributed by atoms with E-state index < -0.39 is 0 Å². The van der Waals surface area contributed by atoms with Gasteiger partial charge in [0.15, 0.2) is 0 Å². The number of carbonyl (C=O) groups excluding carboxylic acids is 1. The molecule has 30 heavy (non-hydrogen) atoms. The minimum atomic E-state index is -0.0906. The van der Waals surface area contributed by atoms with E-state index in [0.29, 0.717) is 29.1 Å². The zero-order chi connectivity index (χ0) is 21.9. The zero-order valence-corrected chi connectivity index (χ0v) is 19.3. The molecule has 1 N–H and O–H groups in total. The smallest absolute Gasteiger partial charge is 0.264 e. The maximum absolute atomic E-state index is 11.7. The number of carbonyl (C=O) groups is 1. The average molecular weight is 425 g/mol.